The van der Waals surface area contributed by atoms with Gasteiger partial charge in [0.1, 0.15) is 6.10 Å². The third-order valence-corrected chi connectivity index (χ3v) is 5.40. The summed E-state index contributed by atoms with van der Waals surface area (Å²) in [5, 5.41) is 4.71. The number of piperidine rings is 3. The van der Waals surface area contributed by atoms with E-state index in [4.69, 9.17) is 4.74 Å². The van der Waals surface area contributed by atoms with Gasteiger partial charge in [0.25, 0.3) is 0 Å². The van der Waals surface area contributed by atoms with Crippen molar-refractivity contribution in [2.45, 2.75) is 18.9 Å². The molecule has 1 aromatic heterocycles. The lowest BCUT2D eigenvalue weighted by Gasteiger charge is -2.43. The molecule has 0 radical (unpaired) electrons. The predicted molar refractivity (Wildman–Crippen MR) is 75.1 cm³/mol. The maximum Gasteiger partial charge on any atom is 0.412 e. The molecule has 4 nitrogen and oxygen atoms in total. The summed E-state index contributed by atoms with van der Waals surface area (Å²) >= 11 is 4.94. The molecule has 1 amide bonds. The molecule has 4 rings (SSSR count). The Kier molecular flexibility index (Phi) is 3.59. The molecule has 3 fully saturated rings. The van der Waals surface area contributed by atoms with Crippen LogP contribution in [-0.4, -0.2) is 36.7 Å². The average Bonchev–Trinajstić information content (AvgIpc) is 2.76. The first kappa shape index (κ1) is 12.4. The van der Waals surface area contributed by atoms with Crippen molar-refractivity contribution in [2.24, 2.45) is 5.92 Å². The molecule has 1 atom stereocenters. The van der Waals surface area contributed by atoms with E-state index in [0.29, 0.717) is 5.92 Å². The fraction of sp³-hybridized carbons (Fsp3) is 0.583. The zero-order valence-electron chi connectivity index (χ0n) is 9.89. The monoisotopic (exact) mass is 330 g/mol. The minimum atomic E-state index is -0.340. The molecule has 18 heavy (non-hydrogen) atoms. The number of nitrogens with zero attached hydrogens (tertiary/aromatic N) is 1. The highest BCUT2D eigenvalue weighted by atomic mass is 79.9. The second kappa shape index (κ2) is 5.19. The molecule has 3 aliphatic rings. The summed E-state index contributed by atoms with van der Waals surface area (Å²) in [5.41, 5.74) is 0.784. The maximum absolute atomic E-state index is 11.8. The molecule has 1 N–H and O–H groups in total. The topological polar surface area (TPSA) is 41.6 Å². The van der Waals surface area contributed by atoms with Gasteiger partial charge in [-0.1, -0.05) is 0 Å². The van der Waals surface area contributed by atoms with E-state index in [-0.39, 0.29) is 12.2 Å². The Labute approximate surface area is 118 Å². The number of hydrogen-bond donors (Lipinski definition) is 1. The van der Waals surface area contributed by atoms with Crippen molar-refractivity contribution < 1.29 is 9.53 Å². The van der Waals surface area contributed by atoms with Crippen LogP contribution in [0.5, 0.6) is 0 Å². The zero-order valence-corrected chi connectivity index (χ0v) is 12.3. The van der Waals surface area contributed by atoms with Crippen LogP contribution in [0.15, 0.2) is 15.2 Å². The van der Waals surface area contributed by atoms with E-state index in [1.165, 1.54) is 0 Å². The van der Waals surface area contributed by atoms with Crippen molar-refractivity contribution in [1.82, 2.24) is 4.90 Å². The Morgan fingerprint density at radius 2 is 2.28 bits per heavy atom. The highest BCUT2D eigenvalue weighted by Gasteiger charge is 2.36. The molecular formula is C12H15BrN2O2S. The third-order valence-electron chi connectivity index (χ3n) is 3.71. The van der Waals surface area contributed by atoms with Crippen molar-refractivity contribution in [1.29, 1.82) is 0 Å². The summed E-state index contributed by atoms with van der Waals surface area (Å²) in [5.74, 6) is 0.548. The largest absolute Gasteiger partial charge is 0.444 e. The van der Waals surface area contributed by atoms with Gasteiger partial charge in [-0.05, 0) is 59.2 Å². The standard InChI is InChI=1S/C12H15BrN2O2S/c13-11-9(3-6-18-11)14-12(16)17-10-7-15-4-1-8(10)2-5-15/h3,6,8,10H,1-2,4-5,7H2,(H,14,16). The number of nitrogens with one attached hydrogen (secondary N) is 1. The first-order valence-corrected chi connectivity index (χ1v) is 7.82. The van der Waals surface area contributed by atoms with Crippen LogP contribution in [0.3, 0.4) is 0 Å². The van der Waals surface area contributed by atoms with E-state index in [2.05, 4.69) is 26.1 Å². The number of amides is 1. The van der Waals surface area contributed by atoms with Crippen molar-refractivity contribution >= 4 is 39.0 Å². The highest BCUT2D eigenvalue weighted by molar-refractivity contribution is 9.11. The van der Waals surface area contributed by atoms with Gasteiger partial charge in [0.15, 0.2) is 0 Å². The number of rotatable bonds is 2. The van der Waals surface area contributed by atoms with Gasteiger partial charge in [0.05, 0.1) is 9.47 Å². The number of ether oxygens (including phenoxy) is 1. The van der Waals surface area contributed by atoms with Crippen LogP contribution in [0.4, 0.5) is 10.5 Å². The molecule has 0 spiro atoms. The third kappa shape index (κ3) is 2.55. The van der Waals surface area contributed by atoms with Gasteiger partial charge in [-0.2, -0.15) is 0 Å². The van der Waals surface area contributed by atoms with Gasteiger partial charge >= 0.3 is 6.09 Å². The van der Waals surface area contributed by atoms with Crippen LogP contribution in [0, 0.1) is 5.92 Å². The van der Waals surface area contributed by atoms with E-state index in [0.717, 1.165) is 41.9 Å². The van der Waals surface area contributed by atoms with E-state index in [9.17, 15) is 4.79 Å². The zero-order chi connectivity index (χ0) is 12.5. The van der Waals surface area contributed by atoms with Crippen LogP contribution >= 0.6 is 27.3 Å². The van der Waals surface area contributed by atoms with Gasteiger partial charge in [0, 0.05) is 6.54 Å². The quantitative estimate of drug-likeness (QED) is 0.905. The minimum absolute atomic E-state index is 0.0601. The molecule has 1 aromatic rings. The lowest BCUT2D eigenvalue weighted by atomic mass is 9.86. The number of halogens is 1. The maximum atomic E-state index is 11.8. The molecule has 0 aliphatic carbocycles. The Hall–Kier alpha value is -0.590. The van der Waals surface area contributed by atoms with E-state index < -0.39 is 0 Å². The summed E-state index contributed by atoms with van der Waals surface area (Å²) in [4.78, 5) is 14.2. The highest BCUT2D eigenvalue weighted by Crippen LogP contribution is 2.31. The second-order valence-corrected chi connectivity index (χ2v) is 7.05. The molecule has 6 heteroatoms. The molecule has 3 saturated heterocycles. The van der Waals surface area contributed by atoms with Crippen molar-refractivity contribution in [3.05, 3.63) is 15.2 Å². The SMILES string of the molecule is O=C(Nc1ccsc1Br)OC1CN2CCC1CC2. The van der Waals surface area contributed by atoms with Crippen molar-refractivity contribution in [3.8, 4) is 0 Å². The minimum Gasteiger partial charge on any atom is -0.444 e. The van der Waals surface area contributed by atoms with Crippen LogP contribution in [-0.2, 0) is 4.74 Å². The van der Waals surface area contributed by atoms with Crippen LogP contribution in [0.2, 0.25) is 0 Å². The summed E-state index contributed by atoms with van der Waals surface area (Å²) in [6.07, 6.45) is 2.03. The first-order valence-electron chi connectivity index (χ1n) is 6.15. The molecule has 1 unspecified atom stereocenters. The molecule has 3 aliphatic heterocycles. The fourth-order valence-electron chi connectivity index (χ4n) is 2.70. The second-order valence-electron chi connectivity index (χ2n) is 4.81. The Morgan fingerprint density at radius 1 is 1.50 bits per heavy atom. The fourth-order valence-corrected chi connectivity index (χ4v) is 3.83. The summed E-state index contributed by atoms with van der Waals surface area (Å²) in [6, 6.07) is 1.87. The van der Waals surface area contributed by atoms with Crippen LogP contribution < -0.4 is 5.32 Å². The van der Waals surface area contributed by atoms with E-state index in [1.54, 1.807) is 11.3 Å². The number of anilines is 1. The molecule has 4 heterocycles. The van der Waals surface area contributed by atoms with Gasteiger partial charge in [-0.25, -0.2) is 4.79 Å². The normalized spacial score (nSPS) is 30.2. The lowest BCUT2D eigenvalue weighted by molar-refractivity contribution is -0.0289. The number of carbonyl (C=O) groups is 1. The summed E-state index contributed by atoms with van der Waals surface area (Å²) in [7, 11) is 0. The molecule has 2 bridgehead atoms. The van der Waals surface area contributed by atoms with Gasteiger partial charge in [-0.15, -0.1) is 11.3 Å². The summed E-state index contributed by atoms with van der Waals surface area (Å²) in [6.45, 7) is 3.20. The number of carbonyl (C=O) groups excluding carboxylic acids is 1. The van der Waals surface area contributed by atoms with Crippen LogP contribution in [0.25, 0.3) is 0 Å². The number of thiophene rings is 1. The van der Waals surface area contributed by atoms with E-state index in [1.807, 2.05) is 11.4 Å². The van der Waals surface area contributed by atoms with E-state index >= 15 is 0 Å². The number of hydrogen-bond acceptors (Lipinski definition) is 4. The predicted octanol–water partition coefficient (Wildman–Crippen LogP) is 3.15. The Morgan fingerprint density at radius 3 is 2.83 bits per heavy atom. The van der Waals surface area contributed by atoms with Crippen molar-refractivity contribution in [2.75, 3.05) is 25.0 Å². The molecule has 98 valence electrons. The van der Waals surface area contributed by atoms with Gasteiger partial charge in [-0.3, -0.25) is 10.2 Å². The summed E-state index contributed by atoms with van der Waals surface area (Å²) < 4.78 is 6.47. The average molecular weight is 331 g/mol. The first-order chi connectivity index (χ1) is 8.72. The Balaban J connectivity index is 1.57. The molecular weight excluding hydrogens is 316 g/mol. The van der Waals surface area contributed by atoms with Gasteiger partial charge < -0.3 is 4.74 Å². The van der Waals surface area contributed by atoms with Crippen molar-refractivity contribution in [3.63, 3.8) is 0 Å². The molecule has 0 aromatic carbocycles. The number of fused-ring (bicyclic) bond motifs is 3. The van der Waals surface area contributed by atoms with Gasteiger partial charge in [0.2, 0.25) is 0 Å². The molecule has 0 saturated carbocycles. The lowest BCUT2D eigenvalue weighted by Crippen LogP contribution is -2.52. The van der Waals surface area contributed by atoms with Crippen LogP contribution in [0.1, 0.15) is 12.8 Å². The smallest absolute Gasteiger partial charge is 0.412 e. The Bertz CT molecular complexity index is 443.